The van der Waals surface area contributed by atoms with Crippen LogP contribution in [0.3, 0.4) is 0 Å². The van der Waals surface area contributed by atoms with Crippen molar-refractivity contribution in [2.75, 3.05) is 0 Å². The minimum absolute atomic E-state index is 0.0522. The number of carboxylic acid groups (broad SMARTS) is 1. The number of aliphatic carboxylic acids is 1. The van der Waals surface area contributed by atoms with Crippen molar-refractivity contribution >= 4 is 35.1 Å². The van der Waals surface area contributed by atoms with E-state index in [2.05, 4.69) is 5.32 Å². The summed E-state index contributed by atoms with van der Waals surface area (Å²) in [4.78, 5) is 23.3. The normalized spacial score (nSPS) is 12.5. The summed E-state index contributed by atoms with van der Waals surface area (Å²) in [6.07, 6.45) is -5.06. The van der Waals surface area contributed by atoms with Gasteiger partial charge in [-0.25, -0.2) is 0 Å². The third-order valence-electron chi connectivity index (χ3n) is 3.87. The number of alkyl halides is 3. The maximum Gasteiger partial charge on any atom is 0.416 e. The van der Waals surface area contributed by atoms with Crippen LogP contribution in [0.5, 0.6) is 0 Å². The molecule has 0 heterocycles. The molecule has 1 atom stereocenters. The molecule has 0 saturated heterocycles. The standard InChI is InChI=1S/C19H16Cl2F3NO3/c20-15-5-4-12(8-16(15)21)9-17(26)25-14(10-18(27)28)7-11-2-1-3-13(6-11)19(22,23)24/h1-6,8,14H,7,9-10H2,(H,25,26)(H,27,28)/t14-/m0/s1. The highest BCUT2D eigenvalue weighted by Crippen LogP contribution is 2.30. The summed E-state index contributed by atoms with van der Waals surface area (Å²) < 4.78 is 38.5. The first-order chi connectivity index (χ1) is 13.0. The van der Waals surface area contributed by atoms with Crippen molar-refractivity contribution in [2.24, 2.45) is 0 Å². The molecule has 150 valence electrons. The summed E-state index contributed by atoms with van der Waals surface area (Å²) in [7, 11) is 0. The fourth-order valence-electron chi connectivity index (χ4n) is 2.66. The highest BCUT2D eigenvalue weighted by atomic mass is 35.5. The van der Waals surface area contributed by atoms with E-state index in [1.165, 1.54) is 24.3 Å². The summed E-state index contributed by atoms with van der Waals surface area (Å²) >= 11 is 11.7. The molecule has 2 aromatic rings. The molecule has 0 aromatic heterocycles. The Morgan fingerprint density at radius 2 is 1.75 bits per heavy atom. The lowest BCUT2D eigenvalue weighted by atomic mass is 10.0. The molecule has 0 aliphatic carbocycles. The zero-order valence-corrected chi connectivity index (χ0v) is 15.9. The fourth-order valence-corrected chi connectivity index (χ4v) is 2.98. The quantitative estimate of drug-likeness (QED) is 0.661. The van der Waals surface area contributed by atoms with Gasteiger partial charge >= 0.3 is 12.1 Å². The molecule has 0 unspecified atom stereocenters. The number of carbonyl (C=O) groups excluding carboxylic acids is 1. The van der Waals surface area contributed by atoms with Crippen LogP contribution in [0.25, 0.3) is 0 Å². The molecule has 1 amide bonds. The van der Waals surface area contributed by atoms with Gasteiger partial charge in [-0.1, -0.05) is 47.5 Å². The third kappa shape index (κ3) is 6.73. The van der Waals surface area contributed by atoms with E-state index in [1.54, 1.807) is 6.07 Å². The molecule has 2 rings (SSSR count). The van der Waals surface area contributed by atoms with Gasteiger partial charge in [-0.3, -0.25) is 9.59 Å². The highest BCUT2D eigenvalue weighted by molar-refractivity contribution is 6.42. The number of carbonyl (C=O) groups is 2. The summed E-state index contributed by atoms with van der Waals surface area (Å²) in [6.45, 7) is 0. The second-order valence-corrected chi connectivity index (χ2v) is 7.00. The zero-order valence-electron chi connectivity index (χ0n) is 14.4. The lowest BCUT2D eigenvalue weighted by Crippen LogP contribution is -2.39. The summed E-state index contributed by atoms with van der Waals surface area (Å²) in [6, 6.07) is 8.36. The zero-order chi connectivity index (χ0) is 20.9. The molecular formula is C19H16Cl2F3NO3. The molecule has 0 bridgehead atoms. The number of amides is 1. The van der Waals surface area contributed by atoms with Gasteiger partial charge in [0.15, 0.2) is 0 Å². The third-order valence-corrected chi connectivity index (χ3v) is 4.61. The number of carboxylic acids is 1. The van der Waals surface area contributed by atoms with E-state index in [-0.39, 0.29) is 23.4 Å². The van der Waals surface area contributed by atoms with Crippen LogP contribution in [0.15, 0.2) is 42.5 Å². The molecule has 2 aromatic carbocycles. The summed E-state index contributed by atoms with van der Waals surface area (Å²) in [5, 5.41) is 12.2. The Balaban J connectivity index is 2.09. The van der Waals surface area contributed by atoms with E-state index in [0.29, 0.717) is 10.6 Å². The molecule has 2 N–H and O–H groups in total. The monoisotopic (exact) mass is 433 g/mol. The number of nitrogens with one attached hydrogen (secondary N) is 1. The topological polar surface area (TPSA) is 66.4 Å². The van der Waals surface area contributed by atoms with Gasteiger partial charge in [0.25, 0.3) is 0 Å². The minimum atomic E-state index is -4.50. The number of hydrogen-bond donors (Lipinski definition) is 2. The smallest absolute Gasteiger partial charge is 0.416 e. The van der Waals surface area contributed by atoms with Crippen molar-refractivity contribution in [3.05, 3.63) is 69.2 Å². The molecule has 0 fully saturated rings. The van der Waals surface area contributed by atoms with Gasteiger partial charge in [-0.05, 0) is 35.7 Å². The minimum Gasteiger partial charge on any atom is -0.481 e. The Morgan fingerprint density at radius 1 is 1.04 bits per heavy atom. The predicted molar refractivity (Wildman–Crippen MR) is 99.5 cm³/mol. The molecule has 28 heavy (non-hydrogen) atoms. The van der Waals surface area contributed by atoms with Crippen LogP contribution in [-0.4, -0.2) is 23.0 Å². The van der Waals surface area contributed by atoms with Crippen molar-refractivity contribution in [1.82, 2.24) is 5.32 Å². The van der Waals surface area contributed by atoms with Gasteiger partial charge in [-0.15, -0.1) is 0 Å². The van der Waals surface area contributed by atoms with Crippen molar-refractivity contribution in [2.45, 2.75) is 31.5 Å². The van der Waals surface area contributed by atoms with E-state index >= 15 is 0 Å². The van der Waals surface area contributed by atoms with E-state index in [9.17, 15) is 22.8 Å². The highest BCUT2D eigenvalue weighted by Gasteiger charge is 2.30. The molecule has 0 saturated carbocycles. The van der Waals surface area contributed by atoms with Gasteiger partial charge in [-0.2, -0.15) is 13.2 Å². The second kappa shape index (κ2) is 9.30. The van der Waals surface area contributed by atoms with Crippen LogP contribution in [0.4, 0.5) is 13.2 Å². The molecule has 0 radical (unpaired) electrons. The molecule has 0 spiro atoms. The average Bonchev–Trinajstić information content (AvgIpc) is 2.57. The van der Waals surface area contributed by atoms with E-state index < -0.39 is 36.1 Å². The maximum atomic E-state index is 12.8. The number of rotatable bonds is 7. The summed E-state index contributed by atoms with van der Waals surface area (Å²) in [5.74, 6) is -1.65. The van der Waals surface area contributed by atoms with Gasteiger partial charge in [0.2, 0.25) is 5.91 Å². The predicted octanol–water partition coefficient (Wildman–Crippen LogP) is 4.76. The van der Waals surface area contributed by atoms with Crippen LogP contribution in [0.1, 0.15) is 23.1 Å². The van der Waals surface area contributed by atoms with Crippen molar-refractivity contribution in [1.29, 1.82) is 0 Å². The van der Waals surface area contributed by atoms with E-state index in [0.717, 1.165) is 12.1 Å². The Bertz CT molecular complexity index is 872. The molecule has 0 aliphatic rings. The number of benzene rings is 2. The van der Waals surface area contributed by atoms with E-state index in [1.807, 2.05) is 0 Å². The van der Waals surface area contributed by atoms with Crippen molar-refractivity contribution in [3.63, 3.8) is 0 Å². The lowest BCUT2D eigenvalue weighted by molar-refractivity contribution is -0.139. The van der Waals surface area contributed by atoms with Gasteiger partial charge in [0.1, 0.15) is 0 Å². The Labute approximate surface area is 169 Å². The average molecular weight is 434 g/mol. The van der Waals surface area contributed by atoms with Crippen LogP contribution in [0, 0.1) is 0 Å². The SMILES string of the molecule is O=C(O)C[C@H](Cc1cccc(C(F)(F)F)c1)NC(=O)Cc1ccc(Cl)c(Cl)c1. The van der Waals surface area contributed by atoms with Gasteiger partial charge in [0.05, 0.1) is 28.5 Å². The van der Waals surface area contributed by atoms with Crippen LogP contribution < -0.4 is 5.32 Å². The largest absolute Gasteiger partial charge is 0.481 e. The Kier molecular flexibility index (Phi) is 7.32. The number of hydrogen-bond acceptors (Lipinski definition) is 2. The number of halogens is 5. The first-order valence-corrected chi connectivity index (χ1v) is 8.91. The van der Waals surface area contributed by atoms with Crippen LogP contribution >= 0.6 is 23.2 Å². The molecule has 0 aliphatic heterocycles. The van der Waals surface area contributed by atoms with Crippen LogP contribution in [0.2, 0.25) is 10.0 Å². The van der Waals surface area contributed by atoms with Crippen LogP contribution in [-0.2, 0) is 28.6 Å². The first kappa shape index (κ1) is 22.0. The molecule has 9 heteroatoms. The van der Waals surface area contributed by atoms with Gasteiger partial charge < -0.3 is 10.4 Å². The Hall–Kier alpha value is -2.25. The first-order valence-electron chi connectivity index (χ1n) is 8.16. The Morgan fingerprint density at radius 3 is 2.36 bits per heavy atom. The second-order valence-electron chi connectivity index (χ2n) is 6.19. The summed E-state index contributed by atoms with van der Waals surface area (Å²) in [5.41, 5.74) is 0.0113. The van der Waals surface area contributed by atoms with Gasteiger partial charge in [0, 0.05) is 6.04 Å². The van der Waals surface area contributed by atoms with E-state index in [4.69, 9.17) is 28.3 Å². The molecular weight excluding hydrogens is 418 g/mol. The lowest BCUT2D eigenvalue weighted by Gasteiger charge is -2.18. The fraction of sp³-hybridized carbons (Fsp3) is 0.263. The maximum absolute atomic E-state index is 12.8. The molecule has 4 nitrogen and oxygen atoms in total. The van der Waals surface area contributed by atoms with Crippen molar-refractivity contribution in [3.8, 4) is 0 Å². The van der Waals surface area contributed by atoms with Crippen molar-refractivity contribution < 1.29 is 27.9 Å².